The van der Waals surface area contributed by atoms with Crippen LogP contribution in [0.25, 0.3) is 11.6 Å². The highest BCUT2D eigenvalue weighted by Crippen LogP contribution is 2.29. The van der Waals surface area contributed by atoms with Gasteiger partial charge in [0.15, 0.2) is 0 Å². The summed E-state index contributed by atoms with van der Waals surface area (Å²) in [5.74, 6) is 1.39. The first-order chi connectivity index (χ1) is 12.8. The molecule has 0 unspecified atom stereocenters. The second-order valence-corrected chi connectivity index (χ2v) is 6.35. The second-order valence-electron chi connectivity index (χ2n) is 6.35. The molecule has 7 heteroatoms. The van der Waals surface area contributed by atoms with Crippen LogP contribution >= 0.6 is 0 Å². The Morgan fingerprint density at radius 1 is 1.12 bits per heavy atom. The van der Waals surface area contributed by atoms with Crippen molar-refractivity contribution in [1.82, 2.24) is 25.1 Å². The van der Waals surface area contributed by atoms with Gasteiger partial charge in [-0.05, 0) is 36.6 Å². The van der Waals surface area contributed by atoms with E-state index >= 15 is 0 Å². The van der Waals surface area contributed by atoms with Crippen LogP contribution in [-0.4, -0.2) is 44.1 Å². The number of aromatic nitrogens is 4. The van der Waals surface area contributed by atoms with Gasteiger partial charge >= 0.3 is 0 Å². The van der Waals surface area contributed by atoms with E-state index in [9.17, 15) is 4.79 Å². The van der Waals surface area contributed by atoms with Crippen molar-refractivity contribution in [2.24, 2.45) is 0 Å². The van der Waals surface area contributed by atoms with Crippen molar-refractivity contribution < 1.29 is 9.21 Å². The van der Waals surface area contributed by atoms with Crippen LogP contribution in [0, 0.1) is 0 Å². The molecule has 7 nitrogen and oxygen atoms in total. The average Bonchev–Trinajstić information content (AvgIpc) is 3.20. The molecule has 3 aromatic heterocycles. The standard InChI is InChI=1S/C19H19N5O2/c25-17(12-14-4-3-8-20-13-14)24-10-6-15(7-11-24)18-22-23-19(26-18)16-5-1-2-9-21-16/h1-5,8-9,13,15H,6-7,10-12H2. The maximum absolute atomic E-state index is 12.4. The molecule has 26 heavy (non-hydrogen) atoms. The molecule has 0 saturated carbocycles. The highest BCUT2D eigenvalue weighted by molar-refractivity contribution is 5.78. The fraction of sp³-hybridized carbons (Fsp3) is 0.316. The topological polar surface area (TPSA) is 85.0 Å². The fourth-order valence-electron chi connectivity index (χ4n) is 3.16. The molecule has 4 rings (SSSR count). The molecular weight excluding hydrogens is 330 g/mol. The molecule has 1 fully saturated rings. The maximum Gasteiger partial charge on any atom is 0.266 e. The van der Waals surface area contributed by atoms with Gasteiger partial charge in [-0.3, -0.25) is 14.8 Å². The van der Waals surface area contributed by atoms with E-state index < -0.39 is 0 Å². The minimum atomic E-state index is 0.135. The lowest BCUT2D eigenvalue weighted by atomic mass is 9.96. The minimum Gasteiger partial charge on any atom is -0.419 e. The van der Waals surface area contributed by atoms with Crippen molar-refractivity contribution in [3.05, 3.63) is 60.4 Å². The number of pyridine rings is 2. The number of rotatable bonds is 4. The second kappa shape index (κ2) is 7.43. The third kappa shape index (κ3) is 3.61. The molecule has 1 amide bonds. The number of carbonyl (C=O) groups excluding carboxylic acids is 1. The summed E-state index contributed by atoms with van der Waals surface area (Å²) in [6.45, 7) is 1.40. The molecule has 0 atom stereocenters. The van der Waals surface area contributed by atoms with Crippen molar-refractivity contribution in [2.45, 2.75) is 25.2 Å². The van der Waals surface area contributed by atoms with Crippen LogP contribution in [0.15, 0.2) is 53.3 Å². The smallest absolute Gasteiger partial charge is 0.266 e. The van der Waals surface area contributed by atoms with Crippen molar-refractivity contribution in [3.8, 4) is 11.6 Å². The largest absolute Gasteiger partial charge is 0.419 e. The highest BCUT2D eigenvalue weighted by Gasteiger charge is 2.27. The van der Waals surface area contributed by atoms with Gasteiger partial charge in [0.05, 0.1) is 6.42 Å². The Kier molecular flexibility index (Phi) is 4.68. The number of piperidine rings is 1. The van der Waals surface area contributed by atoms with E-state index in [-0.39, 0.29) is 11.8 Å². The van der Waals surface area contributed by atoms with Crippen LogP contribution in [0.1, 0.15) is 30.2 Å². The Balaban J connectivity index is 1.35. The summed E-state index contributed by atoms with van der Waals surface area (Å²) in [7, 11) is 0. The van der Waals surface area contributed by atoms with Gasteiger partial charge in [0.2, 0.25) is 11.8 Å². The SMILES string of the molecule is O=C(Cc1cccnc1)N1CCC(c2nnc(-c3ccccn3)o2)CC1. The molecule has 1 aliphatic rings. The number of hydrogen-bond donors (Lipinski definition) is 0. The molecule has 0 spiro atoms. The molecule has 0 radical (unpaired) electrons. The van der Waals surface area contributed by atoms with E-state index in [1.54, 1.807) is 18.6 Å². The van der Waals surface area contributed by atoms with Crippen molar-refractivity contribution in [2.75, 3.05) is 13.1 Å². The van der Waals surface area contributed by atoms with Gasteiger partial charge < -0.3 is 9.32 Å². The van der Waals surface area contributed by atoms with Crippen LogP contribution in [0.3, 0.4) is 0 Å². The van der Waals surface area contributed by atoms with E-state index in [1.807, 2.05) is 35.2 Å². The van der Waals surface area contributed by atoms with Gasteiger partial charge in [-0.2, -0.15) is 0 Å². The Hall–Kier alpha value is -3.09. The van der Waals surface area contributed by atoms with Crippen molar-refractivity contribution >= 4 is 5.91 Å². The summed E-state index contributed by atoms with van der Waals surface area (Å²) in [5, 5.41) is 8.29. The lowest BCUT2D eigenvalue weighted by Crippen LogP contribution is -2.38. The van der Waals surface area contributed by atoms with Crippen LogP contribution in [-0.2, 0) is 11.2 Å². The van der Waals surface area contributed by atoms with E-state index in [4.69, 9.17) is 4.42 Å². The van der Waals surface area contributed by atoms with Crippen LogP contribution in [0.4, 0.5) is 0 Å². The van der Waals surface area contributed by atoms with E-state index in [0.717, 1.165) is 18.4 Å². The molecule has 1 aliphatic heterocycles. The van der Waals surface area contributed by atoms with Crippen molar-refractivity contribution in [3.63, 3.8) is 0 Å². The molecule has 0 aromatic carbocycles. The van der Waals surface area contributed by atoms with Crippen LogP contribution in [0.2, 0.25) is 0 Å². The monoisotopic (exact) mass is 349 g/mol. The van der Waals surface area contributed by atoms with Gasteiger partial charge in [0, 0.05) is 37.6 Å². The number of nitrogens with zero attached hydrogens (tertiary/aromatic N) is 5. The zero-order chi connectivity index (χ0) is 17.8. The van der Waals surface area contributed by atoms with Gasteiger partial charge in [0.25, 0.3) is 5.89 Å². The van der Waals surface area contributed by atoms with Gasteiger partial charge in [0.1, 0.15) is 5.69 Å². The Bertz CT molecular complexity index is 858. The molecular formula is C19H19N5O2. The number of amides is 1. The lowest BCUT2D eigenvalue weighted by Gasteiger charge is -2.30. The Morgan fingerprint density at radius 2 is 2.00 bits per heavy atom. The van der Waals surface area contributed by atoms with Gasteiger partial charge in [-0.15, -0.1) is 10.2 Å². The third-order valence-electron chi connectivity index (χ3n) is 4.60. The maximum atomic E-state index is 12.4. The summed E-state index contributed by atoms with van der Waals surface area (Å²) < 4.78 is 5.80. The molecule has 3 aromatic rings. The lowest BCUT2D eigenvalue weighted by molar-refractivity contribution is -0.131. The molecule has 0 bridgehead atoms. The number of carbonyl (C=O) groups is 1. The summed E-state index contributed by atoms with van der Waals surface area (Å²) in [5.41, 5.74) is 1.62. The van der Waals surface area contributed by atoms with Crippen LogP contribution < -0.4 is 0 Å². The predicted molar refractivity (Wildman–Crippen MR) is 94.0 cm³/mol. The third-order valence-corrected chi connectivity index (χ3v) is 4.60. The number of likely N-dealkylation sites (tertiary alicyclic amines) is 1. The first-order valence-corrected chi connectivity index (χ1v) is 8.71. The fourth-order valence-corrected chi connectivity index (χ4v) is 3.16. The zero-order valence-electron chi connectivity index (χ0n) is 14.3. The molecule has 0 aliphatic carbocycles. The average molecular weight is 349 g/mol. The Labute approximate surface area is 151 Å². The first kappa shape index (κ1) is 16.4. The molecule has 1 saturated heterocycles. The molecule has 0 N–H and O–H groups in total. The Morgan fingerprint density at radius 3 is 2.73 bits per heavy atom. The predicted octanol–water partition coefficient (Wildman–Crippen LogP) is 2.48. The molecule has 132 valence electrons. The zero-order valence-corrected chi connectivity index (χ0v) is 14.3. The molecule has 4 heterocycles. The summed E-state index contributed by atoms with van der Waals surface area (Å²) in [6.07, 6.45) is 7.19. The van der Waals surface area contributed by atoms with Gasteiger partial charge in [-0.1, -0.05) is 12.1 Å². The highest BCUT2D eigenvalue weighted by atomic mass is 16.4. The normalized spacial score (nSPS) is 15.2. The first-order valence-electron chi connectivity index (χ1n) is 8.71. The minimum absolute atomic E-state index is 0.135. The summed E-state index contributed by atoms with van der Waals surface area (Å²) in [6, 6.07) is 9.35. The summed E-state index contributed by atoms with van der Waals surface area (Å²) in [4.78, 5) is 22.6. The van der Waals surface area contributed by atoms with E-state index in [1.165, 1.54) is 0 Å². The van der Waals surface area contributed by atoms with E-state index in [2.05, 4.69) is 20.2 Å². The van der Waals surface area contributed by atoms with Crippen molar-refractivity contribution in [1.29, 1.82) is 0 Å². The summed E-state index contributed by atoms with van der Waals surface area (Å²) >= 11 is 0. The van der Waals surface area contributed by atoms with Gasteiger partial charge in [-0.25, -0.2) is 0 Å². The number of hydrogen-bond acceptors (Lipinski definition) is 6. The van der Waals surface area contributed by atoms with Crippen LogP contribution in [0.5, 0.6) is 0 Å². The quantitative estimate of drug-likeness (QED) is 0.719. The van der Waals surface area contributed by atoms with E-state index in [0.29, 0.717) is 37.0 Å².